The molecule has 0 saturated carbocycles. The molecule has 8 nitrogen and oxygen atoms in total. The summed E-state index contributed by atoms with van der Waals surface area (Å²) in [6.45, 7) is 12.1. The molecule has 2 bridgehead atoms. The Hall–Kier alpha value is -0.940. The summed E-state index contributed by atoms with van der Waals surface area (Å²) in [6, 6.07) is 0.945. The van der Waals surface area contributed by atoms with Crippen molar-refractivity contribution in [1.29, 1.82) is 0 Å². The Morgan fingerprint density at radius 3 is 2.63 bits per heavy atom. The summed E-state index contributed by atoms with van der Waals surface area (Å²) in [5, 5.41) is 11.8. The molecule has 2 unspecified atom stereocenters. The van der Waals surface area contributed by atoms with E-state index in [1.165, 1.54) is 32.7 Å². The maximum absolute atomic E-state index is 4.67. The second-order valence-electron chi connectivity index (χ2n) is 8.05. The molecule has 4 aliphatic heterocycles. The van der Waals surface area contributed by atoms with E-state index in [9.17, 15) is 0 Å². The zero-order chi connectivity index (χ0) is 18.1. The van der Waals surface area contributed by atoms with Gasteiger partial charge < -0.3 is 10.6 Å². The van der Waals surface area contributed by atoms with E-state index in [4.69, 9.17) is 0 Å². The second-order valence-corrected chi connectivity index (χ2v) is 8.05. The number of rotatable bonds is 4. The first kappa shape index (κ1) is 20.8. The maximum Gasteiger partial charge on any atom is 0.191 e. The Kier molecular flexibility index (Phi) is 6.96. The lowest BCUT2D eigenvalue weighted by molar-refractivity contribution is 0.0154. The molecule has 5 rings (SSSR count). The van der Waals surface area contributed by atoms with E-state index < -0.39 is 0 Å². The minimum Gasteiger partial charge on any atom is -0.355 e. The summed E-state index contributed by atoms with van der Waals surface area (Å²) in [5.41, 5.74) is 0. The number of guanidine groups is 1. The quantitative estimate of drug-likeness (QED) is 0.366. The van der Waals surface area contributed by atoms with Gasteiger partial charge in [-0.05, 0) is 6.42 Å². The molecule has 2 N–H and O–H groups in total. The highest BCUT2D eigenvalue weighted by molar-refractivity contribution is 14.0. The molecular weight excluding hydrogens is 455 g/mol. The summed E-state index contributed by atoms with van der Waals surface area (Å²) >= 11 is 0. The molecule has 9 heteroatoms. The smallest absolute Gasteiger partial charge is 0.191 e. The molecule has 27 heavy (non-hydrogen) atoms. The minimum atomic E-state index is 0. The van der Waals surface area contributed by atoms with Crippen LogP contribution in [0.1, 0.15) is 37.8 Å². The van der Waals surface area contributed by atoms with Crippen molar-refractivity contribution < 1.29 is 0 Å². The number of nitrogens with zero attached hydrogens (tertiary/aromatic N) is 6. The van der Waals surface area contributed by atoms with Crippen LogP contribution in [0.3, 0.4) is 0 Å². The second kappa shape index (κ2) is 9.04. The van der Waals surface area contributed by atoms with Crippen LogP contribution in [0.2, 0.25) is 0 Å². The molecule has 3 fully saturated rings. The first-order chi connectivity index (χ1) is 12.6. The van der Waals surface area contributed by atoms with Gasteiger partial charge in [-0.2, -0.15) is 5.10 Å². The topological polar surface area (TPSA) is 73.6 Å². The SMILES string of the molecule is CN=C(NCC1CN2CCN1CC2)NC1CCc2nc(C(C)C)nn2C1.I. The number of fused-ring (bicyclic) bond motifs is 4. The van der Waals surface area contributed by atoms with Crippen molar-refractivity contribution in [2.45, 2.75) is 51.2 Å². The molecule has 5 heterocycles. The Morgan fingerprint density at radius 2 is 2.00 bits per heavy atom. The van der Waals surface area contributed by atoms with Gasteiger partial charge in [0, 0.05) is 70.7 Å². The fraction of sp³-hybridized carbons (Fsp3) is 0.833. The molecule has 1 aromatic heterocycles. The molecule has 1 aromatic rings. The van der Waals surface area contributed by atoms with E-state index in [1.807, 2.05) is 7.05 Å². The van der Waals surface area contributed by atoms with Gasteiger partial charge in [-0.3, -0.25) is 14.8 Å². The fourth-order valence-electron chi connectivity index (χ4n) is 4.21. The predicted molar refractivity (Wildman–Crippen MR) is 118 cm³/mol. The molecule has 0 radical (unpaired) electrons. The van der Waals surface area contributed by atoms with Crippen LogP contribution in [-0.2, 0) is 13.0 Å². The molecule has 4 aliphatic rings. The van der Waals surface area contributed by atoms with Crippen LogP contribution in [0.25, 0.3) is 0 Å². The average molecular weight is 488 g/mol. The van der Waals surface area contributed by atoms with E-state index in [2.05, 4.69) is 54.0 Å². The van der Waals surface area contributed by atoms with Gasteiger partial charge in [0.1, 0.15) is 5.82 Å². The fourth-order valence-corrected chi connectivity index (χ4v) is 4.21. The third-order valence-electron chi connectivity index (χ3n) is 5.85. The van der Waals surface area contributed by atoms with Gasteiger partial charge in [-0.25, -0.2) is 9.67 Å². The monoisotopic (exact) mass is 488 g/mol. The van der Waals surface area contributed by atoms with Gasteiger partial charge in [0.2, 0.25) is 0 Å². The van der Waals surface area contributed by atoms with E-state index >= 15 is 0 Å². The first-order valence-corrected chi connectivity index (χ1v) is 9.99. The minimum absolute atomic E-state index is 0. The number of aryl methyl sites for hydroxylation is 1. The normalized spacial score (nSPS) is 30.0. The Labute approximate surface area is 179 Å². The standard InChI is InChI=1S/C18H32N8.HI/c1-13(2)17-22-16-5-4-14(11-26(16)23-17)21-18(19-3)20-10-15-12-24-6-8-25(15)9-7-24;/h13-15H,4-12H2,1-3H3,(H2,19,20,21);1H. The highest BCUT2D eigenvalue weighted by Gasteiger charge is 2.31. The Balaban J connectivity index is 0.00000210. The lowest BCUT2D eigenvalue weighted by Gasteiger charge is -2.47. The molecule has 0 aliphatic carbocycles. The van der Waals surface area contributed by atoms with Gasteiger partial charge in [0.05, 0.1) is 6.54 Å². The van der Waals surface area contributed by atoms with E-state index in [-0.39, 0.29) is 24.0 Å². The van der Waals surface area contributed by atoms with Crippen molar-refractivity contribution >= 4 is 29.9 Å². The van der Waals surface area contributed by atoms with E-state index in [0.29, 0.717) is 18.0 Å². The summed E-state index contributed by atoms with van der Waals surface area (Å²) in [6.07, 6.45) is 2.04. The summed E-state index contributed by atoms with van der Waals surface area (Å²) in [5.74, 6) is 3.36. The number of aromatic nitrogens is 3. The summed E-state index contributed by atoms with van der Waals surface area (Å²) < 4.78 is 2.07. The number of halogens is 1. The molecule has 0 amide bonds. The lowest BCUT2D eigenvalue weighted by atomic mass is 10.1. The first-order valence-electron chi connectivity index (χ1n) is 9.99. The van der Waals surface area contributed by atoms with Crippen molar-refractivity contribution in [3.8, 4) is 0 Å². The van der Waals surface area contributed by atoms with Crippen molar-refractivity contribution in [2.24, 2.45) is 4.99 Å². The molecule has 2 atom stereocenters. The molecule has 0 aromatic carbocycles. The largest absolute Gasteiger partial charge is 0.355 e. The van der Waals surface area contributed by atoms with Crippen molar-refractivity contribution in [3.05, 3.63) is 11.6 Å². The Morgan fingerprint density at radius 1 is 1.22 bits per heavy atom. The van der Waals surface area contributed by atoms with Crippen LogP contribution in [0.4, 0.5) is 0 Å². The van der Waals surface area contributed by atoms with Crippen LogP contribution in [0.5, 0.6) is 0 Å². The van der Waals surface area contributed by atoms with Crippen LogP contribution >= 0.6 is 24.0 Å². The van der Waals surface area contributed by atoms with Crippen molar-refractivity contribution in [1.82, 2.24) is 35.2 Å². The lowest BCUT2D eigenvalue weighted by Crippen LogP contribution is -2.64. The van der Waals surface area contributed by atoms with Crippen LogP contribution in [0.15, 0.2) is 4.99 Å². The summed E-state index contributed by atoms with van der Waals surface area (Å²) in [7, 11) is 1.85. The van der Waals surface area contributed by atoms with Crippen LogP contribution in [-0.4, -0.2) is 88.9 Å². The zero-order valence-electron chi connectivity index (χ0n) is 16.7. The highest BCUT2D eigenvalue weighted by atomic mass is 127. The van der Waals surface area contributed by atoms with Crippen molar-refractivity contribution in [3.63, 3.8) is 0 Å². The number of hydrogen-bond donors (Lipinski definition) is 2. The third-order valence-corrected chi connectivity index (χ3v) is 5.85. The van der Waals surface area contributed by atoms with E-state index in [0.717, 1.165) is 43.5 Å². The third kappa shape index (κ3) is 4.73. The van der Waals surface area contributed by atoms with Gasteiger partial charge in [0.25, 0.3) is 0 Å². The van der Waals surface area contributed by atoms with Crippen LogP contribution < -0.4 is 10.6 Å². The van der Waals surface area contributed by atoms with Gasteiger partial charge in [0.15, 0.2) is 11.8 Å². The predicted octanol–water partition coefficient (Wildman–Crippen LogP) is 0.499. The number of hydrogen-bond acceptors (Lipinski definition) is 5. The van der Waals surface area contributed by atoms with Crippen LogP contribution in [0, 0.1) is 0 Å². The maximum atomic E-state index is 4.67. The molecule has 0 spiro atoms. The van der Waals surface area contributed by atoms with E-state index in [1.54, 1.807) is 0 Å². The summed E-state index contributed by atoms with van der Waals surface area (Å²) in [4.78, 5) is 14.3. The number of nitrogens with one attached hydrogen (secondary N) is 2. The number of piperazine rings is 3. The molecule has 152 valence electrons. The van der Waals surface area contributed by atoms with Gasteiger partial charge in [-0.15, -0.1) is 24.0 Å². The average Bonchev–Trinajstić information content (AvgIpc) is 3.10. The molecule has 3 saturated heterocycles. The zero-order valence-corrected chi connectivity index (χ0v) is 19.0. The van der Waals surface area contributed by atoms with Gasteiger partial charge in [-0.1, -0.05) is 13.8 Å². The number of aliphatic imine (C=N–C) groups is 1. The van der Waals surface area contributed by atoms with Gasteiger partial charge >= 0.3 is 0 Å². The Bertz CT molecular complexity index is 650. The molecular formula is C18H33IN8. The highest BCUT2D eigenvalue weighted by Crippen LogP contribution is 2.17. The van der Waals surface area contributed by atoms with Crippen molar-refractivity contribution in [2.75, 3.05) is 46.3 Å².